The fraction of sp³-hybridized carbons (Fsp3) is 0.857. The fourth-order valence-corrected chi connectivity index (χ4v) is 0.746. The van der Waals surface area contributed by atoms with E-state index < -0.39 is 0 Å². The highest BCUT2D eigenvalue weighted by Gasteiger charge is 1.93. The summed E-state index contributed by atoms with van der Waals surface area (Å²) in [5.41, 5.74) is 10.4. The molecule has 0 aromatic rings. The van der Waals surface area contributed by atoms with Gasteiger partial charge in [-0.3, -0.25) is 4.79 Å². The molecule has 66 valence electrons. The number of hydrogen-bond acceptors (Lipinski definition) is 3. The molecule has 0 spiro atoms. The van der Waals surface area contributed by atoms with E-state index in [1.807, 2.05) is 0 Å². The first-order chi connectivity index (χ1) is 5.31. The third kappa shape index (κ3) is 7.29. The maximum absolute atomic E-state index is 10.6. The number of hydrogen-bond donors (Lipinski definition) is 3. The smallest absolute Gasteiger partial charge is 0.233 e. The molecule has 0 aliphatic rings. The normalized spacial score (nSPS) is 9.64. The Morgan fingerprint density at radius 2 is 1.91 bits per heavy atom. The molecule has 0 aromatic carbocycles. The van der Waals surface area contributed by atoms with Crippen molar-refractivity contribution in [1.29, 1.82) is 0 Å². The first-order valence-corrected chi connectivity index (χ1v) is 3.98. The summed E-state index contributed by atoms with van der Waals surface area (Å²) >= 11 is 0. The summed E-state index contributed by atoms with van der Waals surface area (Å²) in [4.78, 5) is 10.6. The van der Waals surface area contributed by atoms with E-state index in [1.54, 1.807) is 0 Å². The highest BCUT2D eigenvalue weighted by molar-refractivity contribution is 5.77. The van der Waals surface area contributed by atoms with Crippen LogP contribution in [0.2, 0.25) is 0 Å². The molecule has 1 amide bonds. The van der Waals surface area contributed by atoms with Crippen LogP contribution in [0.25, 0.3) is 0 Å². The molecule has 4 nitrogen and oxygen atoms in total. The van der Waals surface area contributed by atoms with Gasteiger partial charge in [0.25, 0.3) is 0 Å². The molecule has 0 aliphatic carbocycles. The molecule has 4 heteroatoms. The molecule has 0 bridgehead atoms. The van der Waals surface area contributed by atoms with Gasteiger partial charge in [0.2, 0.25) is 5.91 Å². The van der Waals surface area contributed by atoms with Crippen molar-refractivity contribution in [1.82, 2.24) is 5.32 Å². The summed E-state index contributed by atoms with van der Waals surface area (Å²) in [5, 5.41) is 2.69. The molecule has 0 atom stereocenters. The van der Waals surface area contributed by atoms with Gasteiger partial charge >= 0.3 is 0 Å². The Balaban J connectivity index is 2.95. The third-order valence-corrected chi connectivity index (χ3v) is 1.39. The fourth-order valence-electron chi connectivity index (χ4n) is 0.746. The van der Waals surface area contributed by atoms with Gasteiger partial charge in [0.1, 0.15) is 0 Å². The molecule has 5 N–H and O–H groups in total. The van der Waals surface area contributed by atoms with Crippen LogP contribution in [0.1, 0.15) is 19.3 Å². The summed E-state index contributed by atoms with van der Waals surface area (Å²) in [6.45, 7) is 1.53. The van der Waals surface area contributed by atoms with Gasteiger partial charge in [-0.05, 0) is 19.4 Å². The number of carbonyl (C=O) groups excluding carboxylic acids is 1. The topological polar surface area (TPSA) is 81.1 Å². The van der Waals surface area contributed by atoms with Crippen LogP contribution < -0.4 is 16.8 Å². The summed E-state index contributed by atoms with van der Waals surface area (Å²) in [7, 11) is 0. The summed E-state index contributed by atoms with van der Waals surface area (Å²) in [6, 6.07) is 0. The number of nitrogens with two attached hydrogens (primary N) is 2. The Morgan fingerprint density at radius 1 is 1.18 bits per heavy atom. The van der Waals surface area contributed by atoms with Crippen LogP contribution >= 0.6 is 0 Å². The van der Waals surface area contributed by atoms with Gasteiger partial charge in [-0.15, -0.1) is 0 Å². The molecule has 0 aliphatic heterocycles. The highest BCUT2D eigenvalue weighted by atomic mass is 16.1. The molecule has 0 aromatic heterocycles. The maximum Gasteiger partial charge on any atom is 0.233 e. The van der Waals surface area contributed by atoms with Crippen LogP contribution in [0.4, 0.5) is 0 Å². The van der Waals surface area contributed by atoms with E-state index in [0.29, 0.717) is 0 Å². The highest BCUT2D eigenvalue weighted by Crippen LogP contribution is 1.90. The van der Waals surface area contributed by atoms with E-state index in [9.17, 15) is 4.79 Å². The zero-order valence-electron chi connectivity index (χ0n) is 6.81. The molecule has 0 saturated heterocycles. The van der Waals surface area contributed by atoms with E-state index in [0.717, 1.165) is 32.4 Å². The lowest BCUT2D eigenvalue weighted by Crippen LogP contribution is -2.30. The Hall–Kier alpha value is -0.610. The average Bonchev–Trinajstić information content (AvgIpc) is 2.04. The van der Waals surface area contributed by atoms with Crippen LogP contribution in [-0.4, -0.2) is 25.5 Å². The number of amides is 1. The molecular formula is C7H17N3O. The van der Waals surface area contributed by atoms with Crippen LogP contribution in [0.15, 0.2) is 0 Å². The Bertz CT molecular complexity index is 106. The van der Waals surface area contributed by atoms with Gasteiger partial charge in [-0.1, -0.05) is 6.42 Å². The van der Waals surface area contributed by atoms with Gasteiger partial charge < -0.3 is 16.8 Å². The van der Waals surface area contributed by atoms with E-state index >= 15 is 0 Å². The van der Waals surface area contributed by atoms with Gasteiger partial charge in [0, 0.05) is 6.54 Å². The predicted molar refractivity (Wildman–Crippen MR) is 45.0 cm³/mol. The summed E-state index contributed by atoms with van der Waals surface area (Å²) < 4.78 is 0. The standard InChI is InChI=1S/C7H17N3O/c8-4-2-1-3-5-10-7(11)6-9/h1-6,8-9H2,(H,10,11). The Kier molecular flexibility index (Phi) is 7.08. The second-order valence-corrected chi connectivity index (χ2v) is 2.40. The van der Waals surface area contributed by atoms with Crippen LogP contribution in [-0.2, 0) is 4.79 Å². The van der Waals surface area contributed by atoms with Crippen molar-refractivity contribution in [2.24, 2.45) is 11.5 Å². The number of nitrogens with one attached hydrogen (secondary N) is 1. The molecule has 0 saturated carbocycles. The van der Waals surface area contributed by atoms with Crippen molar-refractivity contribution in [2.75, 3.05) is 19.6 Å². The first-order valence-electron chi connectivity index (χ1n) is 3.98. The number of rotatable bonds is 6. The van der Waals surface area contributed by atoms with Gasteiger partial charge in [-0.25, -0.2) is 0 Å². The van der Waals surface area contributed by atoms with Gasteiger partial charge in [0.15, 0.2) is 0 Å². The van der Waals surface area contributed by atoms with Crippen molar-refractivity contribution in [3.8, 4) is 0 Å². The van der Waals surface area contributed by atoms with Crippen molar-refractivity contribution in [3.05, 3.63) is 0 Å². The van der Waals surface area contributed by atoms with Crippen molar-refractivity contribution < 1.29 is 4.79 Å². The largest absolute Gasteiger partial charge is 0.355 e. The second kappa shape index (κ2) is 7.50. The summed E-state index contributed by atoms with van der Waals surface area (Å²) in [5.74, 6) is -0.0854. The minimum atomic E-state index is -0.0854. The molecule has 11 heavy (non-hydrogen) atoms. The van der Waals surface area contributed by atoms with Gasteiger partial charge in [-0.2, -0.15) is 0 Å². The molecular weight excluding hydrogens is 142 g/mol. The predicted octanol–water partition coefficient (Wildman–Crippen LogP) is -0.810. The van der Waals surface area contributed by atoms with E-state index in [1.165, 1.54) is 0 Å². The molecule has 0 rings (SSSR count). The molecule has 0 unspecified atom stereocenters. The Morgan fingerprint density at radius 3 is 2.45 bits per heavy atom. The summed E-state index contributed by atoms with van der Waals surface area (Å²) in [6.07, 6.45) is 3.09. The monoisotopic (exact) mass is 159 g/mol. The van der Waals surface area contributed by atoms with E-state index in [2.05, 4.69) is 5.32 Å². The van der Waals surface area contributed by atoms with Crippen LogP contribution in [0, 0.1) is 0 Å². The number of unbranched alkanes of at least 4 members (excludes halogenated alkanes) is 2. The quantitative estimate of drug-likeness (QED) is 0.443. The zero-order valence-corrected chi connectivity index (χ0v) is 6.81. The lowest BCUT2D eigenvalue weighted by Gasteiger charge is -2.01. The average molecular weight is 159 g/mol. The lowest BCUT2D eigenvalue weighted by molar-refractivity contribution is -0.119. The van der Waals surface area contributed by atoms with Gasteiger partial charge in [0.05, 0.1) is 6.54 Å². The zero-order chi connectivity index (χ0) is 8.53. The van der Waals surface area contributed by atoms with Crippen molar-refractivity contribution >= 4 is 5.91 Å². The first kappa shape index (κ1) is 10.4. The van der Waals surface area contributed by atoms with E-state index in [-0.39, 0.29) is 12.5 Å². The number of carbonyl (C=O) groups is 1. The maximum atomic E-state index is 10.6. The third-order valence-electron chi connectivity index (χ3n) is 1.39. The minimum Gasteiger partial charge on any atom is -0.355 e. The second-order valence-electron chi connectivity index (χ2n) is 2.40. The SMILES string of the molecule is NCCCCCNC(=O)CN. The minimum absolute atomic E-state index is 0.0802. The molecule has 0 fully saturated rings. The lowest BCUT2D eigenvalue weighted by atomic mass is 10.2. The van der Waals surface area contributed by atoms with Crippen molar-refractivity contribution in [3.63, 3.8) is 0 Å². The van der Waals surface area contributed by atoms with Crippen molar-refractivity contribution in [2.45, 2.75) is 19.3 Å². The molecule has 0 radical (unpaired) electrons. The van der Waals surface area contributed by atoms with E-state index in [4.69, 9.17) is 11.5 Å². The van der Waals surface area contributed by atoms with Crippen LogP contribution in [0.5, 0.6) is 0 Å². The molecule has 0 heterocycles. The van der Waals surface area contributed by atoms with Crippen LogP contribution in [0.3, 0.4) is 0 Å². The Labute approximate surface area is 67.3 Å².